The van der Waals surface area contributed by atoms with Crippen molar-refractivity contribution in [1.82, 2.24) is 0 Å². The van der Waals surface area contributed by atoms with Crippen LogP contribution in [0.2, 0.25) is 0 Å². The van der Waals surface area contributed by atoms with Crippen molar-refractivity contribution in [3.63, 3.8) is 0 Å². The molecule has 6 heteroatoms. The molecule has 0 saturated heterocycles. The molecule has 2 rings (SSSR count). The molecule has 1 amide bonds. The Morgan fingerprint density at radius 1 is 1.32 bits per heavy atom. The molecule has 0 radical (unpaired) electrons. The number of anilines is 1. The molecule has 1 aromatic rings. The van der Waals surface area contributed by atoms with Crippen LogP contribution in [0.1, 0.15) is 22.3 Å². The van der Waals surface area contributed by atoms with Crippen LogP contribution in [0, 0.1) is 0 Å². The molecule has 0 aromatic heterocycles. The summed E-state index contributed by atoms with van der Waals surface area (Å²) in [5, 5.41) is 2.62. The molecule has 1 aromatic carbocycles. The number of fused-ring (bicyclic) bond motifs is 1. The largest absolute Gasteiger partial charge is 0.469 e. The third kappa shape index (κ3) is 2.67. The highest BCUT2D eigenvalue weighted by Gasteiger charge is 2.23. The normalized spacial score (nSPS) is 12.6. The smallest absolute Gasteiger partial charge is 0.313 e. The topological polar surface area (TPSA) is 89.5 Å². The van der Waals surface area contributed by atoms with E-state index in [1.165, 1.54) is 12.1 Å². The Hall–Kier alpha value is -2.50. The number of hydrogen-bond acceptors (Lipinski definition) is 5. The van der Waals surface area contributed by atoms with Crippen molar-refractivity contribution in [1.29, 1.82) is 0 Å². The first kappa shape index (κ1) is 12.9. The van der Waals surface area contributed by atoms with E-state index in [4.69, 9.17) is 0 Å². The Morgan fingerprint density at radius 2 is 2.05 bits per heavy atom. The Kier molecular flexibility index (Phi) is 3.41. The summed E-state index contributed by atoms with van der Waals surface area (Å²) >= 11 is 0. The van der Waals surface area contributed by atoms with E-state index in [-0.39, 0.29) is 17.9 Å². The van der Waals surface area contributed by atoms with Gasteiger partial charge in [-0.3, -0.25) is 19.2 Å². The van der Waals surface area contributed by atoms with Gasteiger partial charge in [0.2, 0.25) is 17.5 Å². The van der Waals surface area contributed by atoms with Crippen LogP contribution in [-0.2, 0) is 25.5 Å². The van der Waals surface area contributed by atoms with Gasteiger partial charge < -0.3 is 10.1 Å². The van der Waals surface area contributed by atoms with Crippen LogP contribution < -0.4 is 5.32 Å². The molecule has 0 atom stereocenters. The quantitative estimate of drug-likeness (QED) is 0.369. The first-order chi connectivity index (χ1) is 9.01. The predicted molar refractivity (Wildman–Crippen MR) is 64.7 cm³/mol. The minimum absolute atomic E-state index is 0.152. The van der Waals surface area contributed by atoms with Crippen LogP contribution in [0.25, 0.3) is 0 Å². The number of benzene rings is 1. The molecule has 0 bridgehead atoms. The van der Waals surface area contributed by atoms with Crippen LogP contribution in [0.4, 0.5) is 5.69 Å². The van der Waals surface area contributed by atoms with Gasteiger partial charge in [-0.25, -0.2) is 0 Å². The summed E-state index contributed by atoms with van der Waals surface area (Å²) in [6.07, 6.45) is -0.398. The van der Waals surface area contributed by atoms with Crippen LogP contribution in [0.15, 0.2) is 18.2 Å². The average molecular weight is 261 g/mol. The zero-order chi connectivity index (χ0) is 14.0. The number of ether oxygens (including phenoxy) is 1. The molecule has 19 heavy (non-hydrogen) atoms. The van der Waals surface area contributed by atoms with Gasteiger partial charge in [-0.1, -0.05) is 0 Å². The molecular formula is C13H11NO5. The van der Waals surface area contributed by atoms with Gasteiger partial charge in [-0.05, 0) is 23.8 Å². The van der Waals surface area contributed by atoms with Crippen LogP contribution in [0.3, 0.4) is 0 Å². The fraction of sp³-hybridized carbons (Fsp3) is 0.231. The number of ketones is 2. The lowest BCUT2D eigenvalue weighted by Crippen LogP contribution is -2.19. The summed E-state index contributed by atoms with van der Waals surface area (Å²) in [6.45, 7) is 0. The maximum atomic E-state index is 11.8. The van der Waals surface area contributed by atoms with Crippen LogP contribution in [-0.4, -0.2) is 30.6 Å². The minimum atomic E-state index is -0.830. The highest BCUT2D eigenvalue weighted by molar-refractivity contribution is 6.45. The van der Waals surface area contributed by atoms with Gasteiger partial charge in [0.25, 0.3) is 0 Å². The zero-order valence-corrected chi connectivity index (χ0v) is 10.2. The molecule has 0 unspecified atom stereocenters. The molecule has 0 saturated carbocycles. The summed E-state index contributed by atoms with van der Waals surface area (Å²) in [4.78, 5) is 45.5. The van der Waals surface area contributed by atoms with Gasteiger partial charge in [-0.15, -0.1) is 0 Å². The number of carbonyl (C=O) groups is 4. The van der Waals surface area contributed by atoms with Crippen molar-refractivity contribution in [2.75, 3.05) is 12.4 Å². The number of hydrogen-bond donors (Lipinski definition) is 1. The van der Waals surface area contributed by atoms with Gasteiger partial charge in [0.1, 0.15) is 6.42 Å². The van der Waals surface area contributed by atoms with Gasteiger partial charge >= 0.3 is 5.97 Å². The molecule has 0 spiro atoms. The predicted octanol–water partition coefficient (Wildman–Crippen LogP) is 0.496. The average Bonchev–Trinajstić information content (AvgIpc) is 2.76. The second-order valence-electron chi connectivity index (χ2n) is 4.10. The second kappa shape index (κ2) is 5.01. The molecule has 98 valence electrons. The van der Waals surface area contributed by atoms with Gasteiger partial charge in [0.05, 0.1) is 13.5 Å². The van der Waals surface area contributed by atoms with Crippen molar-refractivity contribution in [2.24, 2.45) is 0 Å². The van der Waals surface area contributed by atoms with Crippen LogP contribution in [0.5, 0.6) is 0 Å². The highest BCUT2D eigenvalue weighted by atomic mass is 16.5. The van der Waals surface area contributed by atoms with Crippen molar-refractivity contribution in [2.45, 2.75) is 12.8 Å². The van der Waals surface area contributed by atoms with Crippen LogP contribution >= 0.6 is 0 Å². The van der Waals surface area contributed by atoms with E-state index >= 15 is 0 Å². The van der Waals surface area contributed by atoms with Crippen molar-refractivity contribution >= 4 is 29.1 Å². The lowest BCUT2D eigenvalue weighted by molar-refractivity contribution is -0.142. The lowest BCUT2D eigenvalue weighted by Gasteiger charge is -2.02. The summed E-state index contributed by atoms with van der Waals surface area (Å²) < 4.78 is 4.33. The molecular weight excluding hydrogens is 250 g/mol. The van der Waals surface area contributed by atoms with Gasteiger partial charge in [0.15, 0.2) is 0 Å². The van der Waals surface area contributed by atoms with Crippen molar-refractivity contribution in [3.05, 3.63) is 29.3 Å². The van der Waals surface area contributed by atoms with E-state index in [1.54, 1.807) is 6.07 Å². The number of esters is 1. The van der Waals surface area contributed by atoms with E-state index in [2.05, 4.69) is 10.1 Å². The summed E-state index contributed by atoms with van der Waals surface area (Å²) in [7, 11) is 1.15. The molecule has 6 nitrogen and oxygen atoms in total. The number of amides is 1. The van der Waals surface area contributed by atoms with Gasteiger partial charge in [-0.2, -0.15) is 0 Å². The fourth-order valence-corrected chi connectivity index (χ4v) is 1.82. The third-order valence-corrected chi connectivity index (χ3v) is 2.78. The van der Waals surface area contributed by atoms with E-state index in [0.29, 0.717) is 11.3 Å². The Balaban J connectivity index is 2.17. The third-order valence-electron chi connectivity index (χ3n) is 2.78. The lowest BCUT2D eigenvalue weighted by atomic mass is 10.0. The molecule has 1 heterocycles. The molecule has 1 N–H and O–H groups in total. The van der Waals surface area contributed by atoms with Crippen molar-refractivity contribution < 1.29 is 23.9 Å². The molecule has 0 fully saturated rings. The highest BCUT2D eigenvalue weighted by Crippen LogP contribution is 2.24. The number of nitrogens with one attached hydrogen (secondary N) is 1. The molecule has 0 aliphatic carbocycles. The first-order valence-corrected chi connectivity index (χ1v) is 5.58. The number of methoxy groups -OCH3 is 1. The standard InChI is InChI=1S/C13H11NO5/c1-19-12(17)6-10(15)13(18)7-2-3-9-8(4-7)5-11(16)14-9/h2-4H,5-6H2,1H3,(H,14,16). The van der Waals surface area contributed by atoms with E-state index < -0.39 is 24.0 Å². The van der Waals surface area contributed by atoms with Gasteiger partial charge in [0, 0.05) is 11.3 Å². The maximum Gasteiger partial charge on any atom is 0.313 e. The van der Waals surface area contributed by atoms with E-state index in [9.17, 15) is 19.2 Å². The van der Waals surface area contributed by atoms with E-state index in [1.807, 2.05) is 0 Å². The zero-order valence-electron chi connectivity index (χ0n) is 10.2. The monoisotopic (exact) mass is 261 g/mol. The van der Waals surface area contributed by atoms with Crippen molar-refractivity contribution in [3.8, 4) is 0 Å². The first-order valence-electron chi connectivity index (χ1n) is 5.58. The number of rotatable bonds is 4. The molecule has 1 aliphatic heterocycles. The Labute approximate surface area is 108 Å². The summed E-state index contributed by atoms with van der Waals surface area (Å²) in [5.74, 6) is -2.49. The summed E-state index contributed by atoms with van der Waals surface area (Å²) in [5.41, 5.74) is 1.48. The minimum Gasteiger partial charge on any atom is -0.469 e. The number of carbonyl (C=O) groups excluding carboxylic acids is 4. The Morgan fingerprint density at radius 3 is 2.74 bits per heavy atom. The Bertz CT molecular complexity index is 591. The van der Waals surface area contributed by atoms with E-state index in [0.717, 1.165) is 7.11 Å². The SMILES string of the molecule is COC(=O)CC(=O)C(=O)c1ccc2c(c1)CC(=O)N2. The molecule has 1 aliphatic rings. The maximum absolute atomic E-state index is 11.8. The second-order valence-corrected chi connectivity index (χ2v) is 4.10. The summed E-state index contributed by atoms with van der Waals surface area (Å²) in [6, 6.07) is 4.51. The fourth-order valence-electron chi connectivity index (χ4n) is 1.82. The number of Topliss-reactive ketones (excluding diaryl/α,β-unsaturated/α-hetero) is 2.